The summed E-state index contributed by atoms with van der Waals surface area (Å²) < 4.78 is 0. The van der Waals surface area contributed by atoms with Crippen molar-refractivity contribution in [2.75, 3.05) is 25.9 Å². The summed E-state index contributed by atoms with van der Waals surface area (Å²) in [6.07, 6.45) is 2.27. The molecule has 2 heterocycles. The van der Waals surface area contributed by atoms with Crippen molar-refractivity contribution in [3.63, 3.8) is 0 Å². The van der Waals surface area contributed by atoms with Gasteiger partial charge in [0.25, 0.3) is 5.24 Å². The summed E-state index contributed by atoms with van der Waals surface area (Å²) >= 11 is 1.12. The molecule has 0 aromatic carbocycles. The maximum Gasteiger partial charge on any atom is 0.288 e. The SMILES string of the molecule is CN1CCC[C@H]1CN1C(=O)CSC1=O. The lowest BCUT2D eigenvalue weighted by Crippen LogP contribution is -2.40. The van der Waals surface area contributed by atoms with E-state index in [9.17, 15) is 9.59 Å². The Bertz CT molecular complexity index is 254. The Balaban J connectivity index is 1.96. The number of imide groups is 1. The van der Waals surface area contributed by atoms with E-state index in [2.05, 4.69) is 11.9 Å². The molecule has 0 spiro atoms. The highest BCUT2D eigenvalue weighted by Crippen LogP contribution is 2.22. The fourth-order valence-electron chi connectivity index (χ4n) is 1.98. The molecule has 14 heavy (non-hydrogen) atoms. The molecule has 78 valence electrons. The number of likely N-dealkylation sites (N-methyl/N-ethyl adjacent to an activating group) is 1. The van der Waals surface area contributed by atoms with Crippen molar-refractivity contribution in [3.05, 3.63) is 0 Å². The molecule has 5 heteroatoms. The highest BCUT2D eigenvalue weighted by atomic mass is 32.2. The lowest BCUT2D eigenvalue weighted by atomic mass is 10.2. The number of hydrogen-bond donors (Lipinski definition) is 0. The van der Waals surface area contributed by atoms with E-state index in [-0.39, 0.29) is 11.1 Å². The summed E-state index contributed by atoms with van der Waals surface area (Å²) in [5.74, 6) is 0.301. The Morgan fingerprint density at radius 2 is 2.29 bits per heavy atom. The van der Waals surface area contributed by atoms with Gasteiger partial charge in [0.2, 0.25) is 5.91 Å². The minimum atomic E-state index is -0.0738. The molecular formula is C9H14N2O2S. The normalized spacial score (nSPS) is 29.2. The average molecular weight is 214 g/mol. The smallest absolute Gasteiger partial charge is 0.288 e. The molecule has 0 aliphatic carbocycles. The van der Waals surface area contributed by atoms with Crippen LogP contribution in [0.4, 0.5) is 4.79 Å². The molecule has 0 aromatic rings. The molecule has 2 fully saturated rings. The van der Waals surface area contributed by atoms with E-state index in [0.717, 1.165) is 24.7 Å². The molecule has 0 radical (unpaired) electrons. The predicted molar refractivity (Wildman–Crippen MR) is 55.2 cm³/mol. The van der Waals surface area contributed by atoms with E-state index in [1.165, 1.54) is 11.3 Å². The van der Waals surface area contributed by atoms with Crippen LogP contribution in [-0.2, 0) is 4.79 Å². The first-order valence-electron chi connectivity index (χ1n) is 4.86. The molecule has 0 N–H and O–H groups in total. The van der Waals surface area contributed by atoms with Gasteiger partial charge in [0, 0.05) is 12.6 Å². The van der Waals surface area contributed by atoms with Gasteiger partial charge >= 0.3 is 0 Å². The van der Waals surface area contributed by atoms with Crippen molar-refractivity contribution in [1.82, 2.24) is 9.80 Å². The Morgan fingerprint density at radius 1 is 1.50 bits per heavy atom. The molecular weight excluding hydrogens is 200 g/mol. The lowest BCUT2D eigenvalue weighted by molar-refractivity contribution is -0.125. The number of carbonyl (C=O) groups is 2. The van der Waals surface area contributed by atoms with Gasteiger partial charge in [0.1, 0.15) is 0 Å². The summed E-state index contributed by atoms with van der Waals surface area (Å²) in [4.78, 5) is 26.3. The quantitative estimate of drug-likeness (QED) is 0.681. The lowest BCUT2D eigenvalue weighted by Gasteiger charge is -2.23. The van der Waals surface area contributed by atoms with Crippen LogP contribution in [0, 0.1) is 0 Å². The van der Waals surface area contributed by atoms with Crippen LogP contribution in [0.5, 0.6) is 0 Å². The molecule has 2 aliphatic heterocycles. The Hall–Kier alpha value is -0.550. The Morgan fingerprint density at radius 3 is 2.79 bits per heavy atom. The molecule has 1 atom stereocenters. The molecule has 2 rings (SSSR count). The number of hydrogen-bond acceptors (Lipinski definition) is 4. The number of carbonyl (C=O) groups excluding carboxylic acids is 2. The van der Waals surface area contributed by atoms with E-state index in [1.54, 1.807) is 0 Å². The van der Waals surface area contributed by atoms with E-state index < -0.39 is 0 Å². The summed E-state index contributed by atoms with van der Waals surface area (Å²) in [5, 5.41) is -0.0738. The number of likely N-dealkylation sites (tertiary alicyclic amines) is 1. The third kappa shape index (κ3) is 1.79. The van der Waals surface area contributed by atoms with Crippen molar-refractivity contribution >= 4 is 22.9 Å². The first kappa shape index (κ1) is 9.98. The van der Waals surface area contributed by atoms with Gasteiger partial charge in [-0.2, -0.15) is 0 Å². The van der Waals surface area contributed by atoms with Gasteiger partial charge < -0.3 is 4.90 Å². The third-order valence-corrected chi connectivity index (χ3v) is 3.76. The fourth-order valence-corrected chi connectivity index (χ4v) is 2.71. The van der Waals surface area contributed by atoms with Crippen LogP contribution in [0.1, 0.15) is 12.8 Å². The van der Waals surface area contributed by atoms with Crippen LogP contribution in [0.3, 0.4) is 0 Å². The Labute approximate surface area is 87.6 Å². The third-order valence-electron chi connectivity index (χ3n) is 2.91. The van der Waals surface area contributed by atoms with Crippen LogP contribution in [0.25, 0.3) is 0 Å². The summed E-state index contributed by atoms with van der Waals surface area (Å²) in [6, 6.07) is 0.376. The second-order valence-corrected chi connectivity index (χ2v) is 4.76. The van der Waals surface area contributed by atoms with Crippen molar-refractivity contribution in [2.45, 2.75) is 18.9 Å². The van der Waals surface area contributed by atoms with Gasteiger partial charge in [-0.15, -0.1) is 0 Å². The zero-order valence-electron chi connectivity index (χ0n) is 8.23. The van der Waals surface area contributed by atoms with Crippen LogP contribution in [-0.4, -0.2) is 52.9 Å². The van der Waals surface area contributed by atoms with Crippen LogP contribution in [0.15, 0.2) is 0 Å². The van der Waals surface area contributed by atoms with E-state index >= 15 is 0 Å². The molecule has 4 nitrogen and oxygen atoms in total. The second-order valence-electron chi connectivity index (χ2n) is 3.84. The molecule has 0 bridgehead atoms. The van der Waals surface area contributed by atoms with Gasteiger partial charge in [0.15, 0.2) is 0 Å². The summed E-state index contributed by atoms with van der Waals surface area (Å²) in [7, 11) is 2.05. The molecule has 0 saturated carbocycles. The number of thioether (sulfide) groups is 1. The van der Waals surface area contributed by atoms with Gasteiger partial charge in [-0.3, -0.25) is 14.5 Å². The Kier molecular flexibility index (Phi) is 2.78. The average Bonchev–Trinajstić information content (AvgIpc) is 2.67. The zero-order chi connectivity index (χ0) is 10.1. The molecule has 2 amide bonds. The molecule has 0 unspecified atom stereocenters. The summed E-state index contributed by atoms with van der Waals surface area (Å²) in [5.41, 5.74) is 0. The molecule has 2 aliphatic rings. The van der Waals surface area contributed by atoms with Crippen LogP contribution < -0.4 is 0 Å². The van der Waals surface area contributed by atoms with Crippen LogP contribution >= 0.6 is 11.8 Å². The van der Waals surface area contributed by atoms with Crippen molar-refractivity contribution in [2.24, 2.45) is 0 Å². The topological polar surface area (TPSA) is 40.6 Å². The van der Waals surface area contributed by atoms with Crippen molar-refractivity contribution in [3.8, 4) is 0 Å². The van der Waals surface area contributed by atoms with E-state index in [4.69, 9.17) is 0 Å². The van der Waals surface area contributed by atoms with Crippen molar-refractivity contribution in [1.29, 1.82) is 0 Å². The highest BCUT2D eigenvalue weighted by molar-refractivity contribution is 8.14. The summed E-state index contributed by atoms with van der Waals surface area (Å²) in [6.45, 7) is 1.66. The van der Waals surface area contributed by atoms with Crippen LogP contribution in [0.2, 0.25) is 0 Å². The predicted octanol–water partition coefficient (Wildman–Crippen LogP) is 0.776. The highest BCUT2D eigenvalue weighted by Gasteiger charge is 2.33. The number of amides is 2. The maximum absolute atomic E-state index is 11.3. The van der Waals surface area contributed by atoms with Gasteiger partial charge in [-0.1, -0.05) is 11.8 Å². The monoisotopic (exact) mass is 214 g/mol. The standard InChI is InChI=1S/C9H14N2O2S/c1-10-4-2-3-7(10)5-11-8(12)6-14-9(11)13/h7H,2-6H2,1H3/t7-/m0/s1. The maximum atomic E-state index is 11.3. The van der Waals surface area contributed by atoms with Gasteiger partial charge in [-0.25, -0.2) is 0 Å². The molecule has 2 saturated heterocycles. The first-order chi connectivity index (χ1) is 6.68. The first-order valence-corrected chi connectivity index (χ1v) is 5.84. The fraction of sp³-hybridized carbons (Fsp3) is 0.778. The number of nitrogens with zero attached hydrogens (tertiary/aromatic N) is 2. The molecule has 0 aromatic heterocycles. The van der Waals surface area contributed by atoms with E-state index in [1.807, 2.05) is 0 Å². The largest absolute Gasteiger partial charge is 0.302 e. The van der Waals surface area contributed by atoms with Gasteiger partial charge in [-0.05, 0) is 26.4 Å². The minimum Gasteiger partial charge on any atom is -0.302 e. The van der Waals surface area contributed by atoms with E-state index in [0.29, 0.717) is 18.3 Å². The minimum absolute atomic E-state index is 0.0275. The van der Waals surface area contributed by atoms with Crippen molar-refractivity contribution < 1.29 is 9.59 Å². The van der Waals surface area contributed by atoms with Gasteiger partial charge in [0.05, 0.1) is 5.75 Å². The zero-order valence-corrected chi connectivity index (χ0v) is 9.05. The number of rotatable bonds is 2. The second kappa shape index (κ2) is 3.90.